The first-order valence-electron chi connectivity index (χ1n) is 8.57. The zero-order valence-corrected chi connectivity index (χ0v) is 14.9. The molecule has 3 heterocycles. The Morgan fingerprint density at radius 2 is 2.08 bits per heavy atom. The predicted molar refractivity (Wildman–Crippen MR) is 90.5 cm³/mol. The molecule has 1 unspecified atom stereocenters. The van der Waals surface area contributed by atoms with Crippen LogP contribution in [0.15, 0.2) is 12.4 Å². The molecule has 1 aromatic rings. The summed E-state index contributed by atoms with van der Waals surface area (Å²) < 4.78 is 10.4. The van der Waals surface area contributed by atoms with Crippen molar-refractivity contribution in [1.82, 2.24) is 14.9 Å². The summed E-state index contributed by atoms with van der Waals surface area (Å²) in [6.07, 6.45) is 4.43. The van der Waals surface area contributed by atoms with Crippen LogP contribution in [0.1, 0.15) is 45.2 Å². The van der Waals surface area contributed by atoms with Crippen LogP contribution in [-0.2, 0) is 9.47 Å². The lowest BCUT2D eigenvalue weighted by molar-refractivity contribution is 0.0197. The van der Waals surface area contributed by atoms with Gasteiger partial charge in [-0.05, 0) is 33.6 Å². The molecule has 2 saturated heterocycles. The topological polar surface area (TPSA) is 84.9 Å². The van der Waals surface area contributed by atoms with Gasteiger partial charge in [0.25, 0.3) is 0 Å². The first-order chi connectivity index (χ1) is 11.8. The summed E-state index contributed by atoms with van der Waals surface area (Å²) in [6.45, 7) is 7.70. The molecular formula is C17H24N4O4. The van der Waals surface area contributed by atoms with Gasteiger partial charge in [-0.2, -0.15) is 0 Å². The molecule has 0 aliphatic carbocycles. The van der Waals surface area contributed by atoms with Crippen molar-refractivity contribution in [3.05, 3.63) is 18.1 Å². The Labute approximate surface area is 147 Å². The van der Waals surface area contributed by atoms with Crippen molar-refractivity contribution >= 4 is 18.0 Å². The molecule has 0 N–H and O–H groups in total. The monoisotopic (exact) mass is 348 g/mol. The van der Waals surface area contributed by atoms with Crippen LogP contribution in [0.2, 0.25) is 0 Å². The second kappa shape index (κ2) is 6.85. The van der Waals surface area contributed by atoms with E-state index in [4.69, 9.17) is 9.47 Å². The van der Waals surface area contributed by atoms with E-state index in [2.05, 4.69) is 9.97 Å². The molecule has 2 amide bonds. The lowest BCUT2D eigenvalue weighted by Crippen LogP contribution is -2.42. The van der Waals surface area contributed by atoms with Crippen molar-refractivity contribution in [2.24, 2.45) is 0 Å². The number of cyclic esters (lactones) is 1. The van der Waals surface area contributed by atoms with E-state index in [0.717, 1.165) is 18.5 Å². The Bertz CT molecular complexity index is 641. The maximum Gasteiger partial charge on any atom is 0.415 e. The Morgan fingerprint density at radius 1 is 1.28 bits per heavy atom. The smallest absolute Gasteiger partial charge is 0.415 e. The van der Waals surface area contributed by atoms with E-state index in [9.17, 15) is 9.59 Å². The number of carbonyl (C=O) groups excluding carboxylic acids is 2. The quantitative estimate of drug-likeness (QED) is 0.816. The SMILES string of the molecule is CC(C)(C)OC(=O)N1CCCC(c2cnc(N3CCOC3=O)cn2)C1. The first kappa shape index (κ1) is 17.4. The van der Waals surface area contributed by atoms with Crippen molar-refractivity contribution < 1.29 is 19.1 Å². The summed E-state index contributed by atoms with van der Waals surface area (Å²) in [7, 11) is 0. The molecule has 2 aliphatic heterocycles. The molecule has 136 valence electrons. The average molecular weight is 348 g/mol. The van der Waals surface area contributed by atoms with Gasteiger partial charge in [0, 0.05) is 19.0 Å². The molecule has 25 heavy (non-hydrogen) atoms. The number of aromatic nitrogens is 2. The van der Waals surface area contributed by atoms with Gasteiger partial charge in [0.2, 0.25) is 0 Å². The molecule has 8 heteroatoms. The number of nitrogens with zero attached hydrogens (tertiary/aromatic N) is 4. The summed E-state index contributed by atoms with van der Waals surface area (Å²) in [5.74, 6) is 0.611. The lowest BCUT2D eigenvalue weighted by atomic mass is 9.95. The number of hydrogen-bond acceptors (Lipinski definition) is 6. The van der Waals surface area contributed by atoms with Crippen molar-refractivity contribution in [2.45, 2.75) is 45.1 Å². The van der Waals surface area contributed by atoms with Crippen LogP contribution in [0.5, 0.6) is 0 Å². The molecule has 3 rings (SSSR count). The highest BCUT2D eigenvalue weighted by molar-refractivity contribution is 5.87. The zero-order valence-electron chi connectivity index (χ0n) is 14.9. The number of likely N-dealkylation sites (tertiary alicyclic amines) is 1. The van der Waals surface area contributed by atoms with Crippen molar-refractivity contribution in [3.8, 4) is 0 Å². The van der Waals surface area contributed by atoms with E-state index in [-0.39, 0.29) is 12.0 Å². The maximum atomic E-state index is 12.3. The summed E-state index contributed by atoms with van der Waals surface area (Å²) in [5, 5.41) is 0. The predicted octanol–water partition coefficient (Wildman–Crippen LogP) is 2.55. The van der Waals surface area contributed by atoms with E-state index >= 15 is 0 Å². The number of ether oxygens (including phenoxy) is 2. The first-order valence-corrected chi connectivity index (χ1v) is 8.57. The van der Waals surface area contributed by atoms with Crippen molar-refractivity contribution in [2.75, 3.05) is 31.1 Å². The third kappa shape index (κ3) is 4.18. The van der Waals surface area contributed by atoms with Crippen LogP contribution in [0.3, 0.4) is 0 Å². The summed E-state index contributed by atoms with van der Waals surface area (Å²) in [4.78, 5) is 35.8. The van der Waals surface area contributed by atoms with Crippen LogP contribution >= 0.6 is 0 Å². The largest absolute Gasteiger partial charge is 0.447 e. The van der Waals surface area contributed by atoms with E-state index in [1.54, 1.807) is 17.3 Å². The van der Waals surface area contributed by atoms with Crippen LogP contribution < -0.4 is 4.90 Å². The number of piperidine rings is 1. The van der Waals surface area contributed by atoms with E-state index < -0.39 is 11.7 Å². The van der Waals surface area contributed by atoms with Crippen molar-refractivity contribution in [1.29, 1.82) is 0 Å². The number of hydrogen-bond donors (Lipinski definition) is 0. The minimum Gasteiger partial charge on any atom is -0.447 e. The molecule has 1 atom stereocenters. The summed E-state index contributed by atoms with van der Waals surface area (Å²) >= 11 is 0. The van der Waals surface area contributed by atoms with Gasteiger partial charge in [-0.1, -0.05) is 0 Å². The van der Waals surface area contributed by atoms with E-state index in [0.29, 0.717) is 32.1 Å². The van der Waals surface area contributed by atoms with E-state index in [1.165, 1.54) is 4.90 Å². The molecule has 2 aliphatic rings. The molecule has 0 saturated carbocycles. The highest BCUT2D eigenvalue weighted by Crippen LogP contribution is 2.27. The van der Waals surface area contributed by atoms with Gasteiger partial charge in [-0.25, -0.2) is 14.6 Å². The van der Waals surface area contributed by atoms with Gasteiger partial charge in [0.15, 0.2) is 5.82 Å². The highest BCUT2D eigenvalue weighted by atomic mass is 16.6. The number of anilines is 1. The molecule has 0 radical (unpaired) electrons. The number of carbonyl (C=O) groups is 2. The molecular weight excluding hydrogens is 324 g/mol. The number of amides is 2. The van der Waals surface area contributed by atoms with Crippen LogP contribution in [0.25, 0.3) is 0 Å². The fraction of sp³-hybridized carbons (Fsp3) is 0.647. The number of rotatable bonds is 2. The third-order valence-corrected chi connectivity index (χ3v) is 4.19. The normalized spacial score (nSPS) is 21.2. The van der Waals surface area contributed by atoms with Crippen LogP contribution in [-0.4, -0.2) is 58.9 Å². The molecule has 8 nitrogen and oxygen atoms in total. The Hall–Kier alpha value is -2.38. The zero-order chi connectivity index (χ0) is 18.0. The van der Waals surface area contributed by atoms with Crippen LogP contribution in [0, 0.1) is 0 Å². The Morgan fingerprint density at radius 3 is 2.68 bits per heavy atom. The minimum absolute atomic E-state index is 0.119. The van der Waals surface area contributed by atoms with Gasteiger partial charge in [-0.3, -0.25) is 9.88 Å². The Balaban J connectivity index is 1.65. The summed E-state index contributed by atoms with van der Waals surface area (Å²) in [5.41, 5.74) is 0.320. The molecule has 0 aromatic carbocycles. The molecule has 2 fully saturated rings. The van der Waals surface area contributed by atoms with Gasteiger partial charge < -0.3 is 14.4 Å². The van der Waals surface area contributed by atoms with E-state index in [1.807, 2.05) is 20.8 Å². The fourth-order valence-electron chi connectivity index (χ4n) is 2.99. The Kier molecular flexibility index (Phi) is 4.78. The second-order valence-electron chi connectivity index (χ2n) is 7.33. The second-order valence-corrected chi connectivity index (χ2v) is 7.33. The molecule has 0 bridgehead atoms. The van der Waals surface area contributed by atoms with Gasteiger partial charge in [-0.15, -0.1) is 0 Å². The highest BCUT2D eigenvalue weighted by Gasteiger charge is 2.30. The maximum absolute atomic E-state index is 12.3. The third-order valence-electron chi connectivity index (χ3n) is 4.19. The van der Waals surface area contributed by atoms with Crippen LogP contribution in [0.4, 0.5) is 15.4 Å². The van der Waals surface area contributed by atoms with Gasteiger partial charge >= 0.3 is 12.2 Å². The lowest BCUT2D eigenvalue weighted by Gasteiger charge is -2.33. The molecule has 0 spiro atoms. The standard InChI is InChI=1S/C17H24N4O4/c1-17(2,3)25-15(22)20-6-4-5-12(11-20)13-9-19-14(10-18-13)21-7-8-24-16(21)23/h9-10,12H,4-8,11H2,1-3H3. The fourth-order valence-corrected chi connectivity index (χ4v) is 2.99. The molecule has 1 aromatic heterocycles. The van der Waals surface area contributed by atoms with Crippen molar-refractivity contribution in [3.63, 3.8) is 0 Å². The van der Waals surface area contributed by atoms with Gasteiger partial charge in [0.05, 0.1) is 24.6 Å². The summed E-state index contributed by atoms with van der Waals surface area (Å²) in [6, 6.07) is 0. The minimum atomic E-state index is -0.504. The average Bonchev–Trinajstić information content (AvgIpc) is 3.00. The van der Waals surface area contributed by atoms with Gasteiger partial charge in [0.1, 0.15) is 12.2 Å².